The van der Waals surface area contributed by atoms with E-state index in [-0.39, 0.29) is 29.3 Å². The minimum Gasteiger partial charge on any atom is -0.348 e. The number of benzene rings is 1. The van der Waals surface area contributed by atoms with Gasteiger partial charge in [0.15, 0.2) is 0 Å². The summed E-state index contributed by atoms with van der Waals surface area (Å²) >= 11 is 0. The van der Waals surface area contributed by atoms with E-state index in [4.69, 9.17) is 5.73 Å². The van der Waals surface area contributed by atoms with Crippen LogP contribution in [0, 0.1) is 12.8 Å². The van der Waals surface area contributed by atoms with Gasteiger partial charge in [0.05, 0.1) is 4.90 Å². The van der Waals surface area contributed by atoms with Crippen molar-refractivity contribution >= 4 is 28.3 Å². The lowest BCUT2D eigenvalue weighted by Crippen LogP contribution is -2.46. The molecule has 0 radical (unpaired) electrons. The van der Waals surface area contributed by atoms with E-state index in [9.17, 15) is 13.2 Å². The van der Waals surface area contributed by atoms with E-state index >= 15 is 0 Å². The molecule has 1 amide bonds. The predicted molar refractivity (Wildman–Crippen MR) is 115 cm³/mol. The molecule has 0 aromatic heterocycles. The molecule has 2 rings (SSSR count). The summed E-state index contributed by atoms with van der Waals surface area (Å²) in [6.07, 6.45) is 5.75. The zero-order valence-electron chi connectivity index (χ0n) is 17.1. The number of sulfonamides is 1. The molecule has 1 aromatic carbocycles. The van der Waals surface area contributed by atoms with Gasteiger partial charge in [0.2, 0.25) is 10.0 Å². The van der Waals surface area contributed by atoms with Crippen molar-refractivity contribution in [2.24, 2.45) is 11.7 Å². The maximum absolute atomic E-state index is 12.9. The Morgan fingerprint density at radius 2 is 1.82 bits per heavy atom. The van der Waals surface area contributed by atoms with Crippen LogP contribution in [0.4, 0.5) is 0 Å². The van der Waals surface area contributed by atoms with Gasteiger partial charge in [-0.3, -0.25) is 4.79 Å². The Bertz CT molecular complexity index is 745. The van der Waals surface area contributed by atoms with Crippen molar-refractivity contribution < 1.29 is 13.2 Å². The second kappa shape index (κ2) is 11.1. The highest BCUT2D eigenvalue weighted by Crippen LogP contribution is 2.27. The Labute approximate surface area is 175 Å². The Balaban J connectivity index is 0.00000392. The lowest BCUT2D eigenvalue weighted by Gasteiger charge is -2.30. The van der Waals surface area contributed by atoms with Gasteiger partial charge in [-0.1, -0.05) is 39.2 Å². The first-order valence-electron chi connectivity index (χ1n) is 9.96. The molecule has 0 heterocycles. The molecular formula is C20H34ClN3O3S. The predicted octanol–water partition coefficient (Wildman–Crippen LogP) is 3.08. The molecule has 1 aromatic rings. The number of aryl methyl sites for hydroxylation is 1. The van der Waals surface area contributed by atoms with Crippen LogP contribution in [0.2, 0.25) is 0 Å². The van der Waals surface area contributed by atoms with Crippen molar-refractivity contribution in [2.45, 2.75) is 63.8 Å². The third kappa shape index (κ3) is 5.69. The number of hydrogen-bond acceptors (Lipinski definition) is 4. The van der Waals surface area contributed by atoms with E-state index in [1.165, 1.54) is 29.6 Å². The second-order valence-corrected chi connectivity index (χ2v) is 9.22. The summed E-state index contributed by atoms with van der Waals surface area (Å²) in [4.78, 5) is 13.0. The SMILES string of the molecule is CCN(CC)S(=O)(=O)c1ccc(C)c(C(=O)NC(CN)C2CCCCC2)c1.Cl. The Morgan fingerprint density at radius 1 is 1.21 bits per heavy atom. The summed E-state index contributed by atoms with van der Waals surface area (Å²) in [7, 11) is -3.60. The van der Waals surface area contributed by atoms with Crippen LogP contribution in [0.15, 0.2) is 23.1 Å². The molecule has 8 heteroatoms. The van der Waals surface area contributed by atoms with Crippen LogP contribution in [0.3, 0.4) is 0 Å². The van der Waals surface area contributed by atoms with Crippen molar-refractivity contribution in [3.05, 3.63) is 29.3 Å². The topological polar surface area (TPSA) is 92.5 Å². The van der Waals surface area contributed by atoms with Crippen molar-refractivity contribution in [1.82, 2.24) is 9.62 Å². The number of nitrogens with zero attached hydrogens (tertiary/aromatic N) is 1. The normalized spacial score (nSPS) is 16.5. The number of nitrogens with one attached hydrogen (secondary N) is 1. The average molecular weight is 432 g/mol. The fourth-order valence-corrected chi connectivity index (χ4v) is 5.36. The first-order valence-corrected chi connectivity index (χ1v) is 11.4. The lowest BCUT2D eigenvalue weighted by atomic mass is 9.83. The standard InChI is InChI=1S/C20H33N3O3S.ClH/c1-4-23(5-2)27(25,26)17-12-11-15(3)18(13-17)20(24)22-19(14-21)16-9-7-6-8-10-16;/h11-13,16,19H,4-10,14,21H2,1-3H3,(H,22,24);1H. The highest BCUT2D eigenvalue weighted by Gasteiger charge is 2.27. The van der Waals surface area contributed by atoms with Gasteiger partial charge in [-0.15, -0.1) is 12.4 Å². The second-order valence-electron chi connectivity index (χ2n) is 7.28. The molecule has 0 spiro atoms. The fraction of sp³-hybridized carbons (Fsp3) is 0.650. The van der Waals surface area contributed by atoms with Gasteiger partial charge in [-0.05, 0) is 43.4 Å². The number of hydrogen-bond donors (Lipinski definition) is 2. The third-order valence-corrected chi connectivity index (χ3v) is 7.63. The summed E-state index contributed by atoms with van der Waals surface area (Å²) in [5, 5.41) is 3.06. The van der Waals surface area contributed by atoms with Crippen molar-refractivity contribution in [3.63, 3.8) is 0 Å². The van der Waals surface area contributed by atoms with E-state index in [2.05, 4.69) is 5.32 Å². The quantitative estimate of drug-likeness (QED) is 0.661. The molecule has 3 N–H and O–H groups in total. The minimum absolute atomic E-state index is 0. The van der Waals surface area contributed by atoms with E-state index in [0.29, 0.717) is 31.1 Å². The molecule has 0 bridgehead atoms. The van der Waals surface area contributed by atoms with Crippen molar-refractivity contribution in [2.75, 3.05) is 19.6 Å². The Hall–Kier alpha value is -1.15. The molecule has 0 aliphatic heterocycles. The van der Waals surface area contributed by atoms with Crippen LogP contribution in [-0.4, -0.2) is 44.3 Å². The lowest BCUT2D eigenvalue weighted by molar-refractivity contribution is 0.0914. The molecular weight excluding hydrogens is 398 g/mol. The monoisotopic (exact) mass is 431 g/mol. The molecule has 1 unspecified atom stereocenters. The van der Waals surface area contributed by atoms with E-state index < -0.39 is 10.0 Å². The van der Waals surface area contributed by atoms with Crippen LogP contribution < -0.4 is 11.1 Å². The number of halogens is 1. The molecule has 0 saturated heterocycles. The van der Waals surface area contributed by atoms with Crippen LogP contribution in [0.1, 0.15) is 61.9 Å². The average Bonchev–Trinajstić information content (AvgIpc) is 2.67. The number of carbonyl (C=O) groups excluding carboxylic acids is 1. The van der Waals surface area contributed by atoms with Crippen LogP contribution in [0.25, 0.3) is 0 Å². The molecule has 1 aliphatic rings. The first-order chi connectivity index (χ1) is 12.8. The van der Waals surface area contributed by atoms with E-state index in [1.54, 1.807) is 26.0 Å². The Morgan fingerprint density at radius 3 is 2.36 bits per heavy atom. The van der Waals surface area contributed by atoms with Crippen LogP contribution in [0.5, 0.6) is 0 Å². The van der Waals surface area contributed by atoms with Gasteiger partial charge in [-0.2, -0.15) is 4.31 Å². The van der Waals surface area contributed by atoms with Gasteiger partial charge in [0.25, 0.3) is 5.91 Å². The van der Waals surface area contributed by atoms with Crippen molar-refractivity contribution in [3.8, 4) is 0 Å². The van der Waals surface area contributed by atoms with Gasteiger partial charge in [-0.25, -0.2) is 8.42 Å². The van der Waals surface area contributed by atoms with E-state index in [1.807, 2.05) is 6.92 Å². The van der Waals surface area contributed by atoms with Gasteiger partial charge < -0.3 is 11.1 Å². The first kappa shape index (κ1) is 24.9. The Kier molecular flexibility index (Phi) is 9.90. The maximum Gasteiger partial charge on any atom is 0.251 e. The van der Waals surface area contributed by atoms with Gasteiger partial charge in [0, 0.05) is 31.2 Å². The molecule has 1 aliphatic carbocycles. The number of carbonyl (C=O) groups is 1. The third-order valence-electron chi connectivity index (χ3n) is 5.59. The van der Waals surface area contributed by atoms with Crippen LogP contribution in [-0.2, 0) is 10.0 Å². The molecule has 1 atom stereocenters. The number of rotatable bonds is 8. The molecule has 1 fully saturated rings. The molecule has 160 valence electrons. The largest absolute Gasteiger partial charge is 0.348 e. The van der Waals surface area contributed by atoms with Gasteiger partial charge in [0.1, 0.15) is 0 Å². The highest BCUT2D eigenvalue weighted by atomic mass is 35.5. The van der Waals surface area contributed by atoms with Crippen molar-refractivity contribution in [1.29, 1.82) is 0 Å². The summed E-state index contributed by atoms with van der Waals surface area (Å²) in [6.45, 7) is 6.61. The van der Waals surface area contributed by atoms with E-state index in [0.717, 1.165) is 18.4 Å². The maximum atomic E-state index is 12.9. The van der Waals surface area contributed by atoms with Crippen LogP contribution >= 0.6 is 12.4 Å². The summed E-state index contributed by atoms with van der Waals surface area (Å²) in [5.74, 6) is 0.153. The zero-order valence-corrected chi connectivity index (χ0v) is 18.7. The fourth-order valence-electron chi connectivity index (χ4n) is 3.87. The molecule has 28 heavy (non-hydrogen) atoms. The number of nitrogens with two attached hydrogens (primary N) is 1. The molecule has 1 saturated carbocycles. The zero-order chi connectivity index (χ0) is 20.0. The smallest absolute Gasteiger partial charge is 0.251 e. The molecule has 6 nitrogen and oxygen atoms in total. The van der Waals surface area contributed by atoms with Gasteiger partial charge >= 0.3 is 0 Å². The summed E-state index contributed by atoms with van der Waals surface area (Å²) in [6, 6.07) is 4.69. The summed E-state index contributed by atoms with van der Waals surface area (Å²) < 4.78 is 27.0. The minimum atomic E-state index is -3.60. The highest BCUT2D eigenvalue weighted by molar-refractivity contribution is 7.89. The number of amides is 1. The summed E-state index contributed by atoms with van der Waals surface area (Å²) in [5.41, 5.74) is 7.08.